The van der Waals surface area contributed by atoms with Crippen molar-refractivity contribution in [3.63, 3.8) is 0 Å². The van der Waals surface area contributed by atoms with Gasteiger partial charge in [-0.1, -0.05) is 12.1 Å². The van der Waals surface area contributed by atoms with Crippen molar-refractivity contribution in [2.45, 2.75) is 20.0 Å². The molecular weight excluding hydrogens is 214 g/mol. The van der Waals surface area contributed by atoms with Crippen LogP contribution in [0.15, 0.2) is 36.7 Å². The molecule has 2 aromatic rings. The van der Waals surface area contributed by atoms with Gasteiger partial charge < -0.3 is 10.5 Å². The summed E-state index contributed by atoms with van der Waals surface area (Å²) in [6.07, 6.45) is 3.34. The fourth-order valence-electron chi connectivity index (χ4n) is 1.47. The van der Waals surface area contributed by atoms with Gasteiger partial charge in [-0.25, -0.2) is 9.97 Å². The van der Waals surface area contributed by atoms with Gasteiger partial charge in [-0.2, -0.15) is 0 Å². The van der Waals surface area contributed by atoms with Gasteiger partial charge in [0.15, 0.2) is 5.82 Å². The van der Waals surface area contributed by atoms with Gasteiger partial charge in [0, 0.05) is 5.56 Å². The smallest absolute Gasteiger partial charge is 0.159 e. The maximum atomic E-state index is 5.62. The Labute approximate surface area is 100 Å². The molecule has 0 fully saturated rings. The second-order valence-electron chi connectivity index (χ2n) is 4.03. The summed E-state index contributed by atoms with van der Waals surface area (Å²) in [6, 6.07) is 7.71. The molecule has 0 aliphatic carbocycles. The summed E-state index contributed by atoms with van der Waals surface area (Å²) in [5.41, 5.74) is 7.03. The summed E-state index contributed by atoms with van der Waals surface area (Å²) in [5.74, 6) is 1.46. The van der Waals surface area contributed by atoms with Crippen molar-refractivity contribution in [3.05, 3.63) is 36.7 Å². The maximum Gasteiger partial charge on any atom is 0.159 e. The Morgan fingerprint density at radius 1 is 1.18 bits per heavy atom. The summed E-state index contributed by atoms with van der Waals surface area (Å²) >= 11 is 0. The lowest BCUT2D eigenvalue weighted by molar-refractivity contribution is 0.242. The molecule has 0 saturated carbocycles. The molecule has 0 aliphatic heterocycles. The van der Waals surface area contributed by atoms with E-state index < -0.39 is 0 Å². The first-order valence-electron chi connectivity index (χ1n) is 5.50. The zero-order chi connectivity index (χ0) is 12.3. The molecule has 0 amide bonds. The molecule has 0 spiro atoms. The molecule has 4 nitrogen and oxygen atoms in total. The second kappa shape index (κ2) is 4.82. The molecule has 0 bridgehead atoms. The molecule has 88 valence electrons. The Morgan fingerprint density at radius 3 is 2.53 bits per heavy atom. The summed E-state index contributed by atoms with van der Waals surface area (Å²) in [5, 5.41) is 0. The van der Waals surface area contributed by atoms with Crippen molar-refractivity contribution in [1.82, 2.24) is 9.97 Å². The van der Waals surface area contributed by atoms with Gasteiger partial charge in [0.1, 0.15) is 5.75 Å². The Morgan fingerprint density at radius 2 is 1.88 bits per heavy atom. The Balaban J connectivity index is 2.29. The highest BCUT2D eigenvalue weighted by Gasteiger charge is 2.03. The lowest BCUT2D eigenvalue weighted by atomic mass is 10.2. The first kappa shape index (κ1) is 11.4. The van der Waals surface area contributed by atoms with Crippen LogP contribution in [0.4, 0.5) is 5.69 Å². The summed E-state index contributed by atoms with van der Waals surface area (Å²) in [7, 11) is 0. The highest BCUT2D eigenvalue weighted by molar-refractivity contribution is 5.58. The number of rotatable bonds is 3. The average molecular weight is 229 g/mol. The zero-order valence-electron chi connectivity index (χ0n) is 9.92. The summed E-state index contributed by atoms with van der Waals surface area (Å²) in [6.45, 7) is 3.98. The maximum absolute atomic E-state index is 5.62. The van der Waals surface area contributed by atoms with E-state index in [9.17, 15) is 0 Å². The minimum absolute atomic E-state index is 0.151. The zero-order valence-corrected chi connectivity index (χ0v) is 9.92. The van der Waals surface area contributed by atoms with Crippen LogP contribution in [0.25, 0.3) is 11.4 Å². The quantitative estimate of drug-likeness (QED) is 0.878. The molecule has 17 heavy (non-hydrogen) atoms. The van der Waals surface area contributed by atoms with E-state index in [0.717, 1.165) is 11.3 Å². The molecule has 0 unspecified atom stereocenters. The first-order chi connectivity index (χ1) is 8.15. The molecule has 1 heterocycles. The van der Waals surface area contributed by atoms with Crippen molar-refractivity contribution >= 4 is 5.69 Å². The van der Waals surface area contributed by atoms with Crippen LogP contribution < -0.4 is 10.5 Å². The van der Waals surface area contributed by atoms with E-state index in [4.69, 9.17) is 10.5 Å². The fourth-order valence-corrected chi connectivity index (χ4v) is 1.47. The topological polar surface area (TPSA) is 61.0 Å². The minimum Gasteiger partial charge on any atom is -0.491 e. The number of nitrogen functional groups attached to an aromatic ring is 1. The molecule has 0 aliphatic rings. The minimum atomic E-state index is 0.151. The van der Waals surface area contributed by atoms with Crippen LogP contribution in [0.2, 0.25) is 0 Å². The monoisotopic (exact) mass is 229 g/mol. The molecule has 1 aromatic heterocycles. The molecule has 4 heteroatoms. The van der Waals surface area contributed by atoms with Crippen LogP contribution in [0, 0.1) is 0 Å². The van der Waals surface area contributed by atoms with Crippen LogP contribution in [0.3, 0.4) is 0 Å². The van der Waals surface area contributed by atoms with Crippen LogP contribution >= 0.6 is 0 Å². The van der Waals surface area contributed by atoms with Crippen LogP contribution in [-0.4, -0.2) is 16.1 Å². The first-order valence-corrected chi connectivity index (χ1v) is 5.50. The van der Waals surface area contributed by atoms with Crippen LogP contribution in [-0.2, 0) is 0 Å². The SMILES string of the molecule is CC(C)Oc1cccc(-c2ncc(N)cn2)c1. The number of hydrogen-bond acceptors (Lipinski definition) is 4. The van der Waals surface area contributed by atoms with Gasteiger partial charge >= 0.3 is 0 Å². The van der Waals surface area contributed by atoms with Gasteiger partial charge in [0.2, 0.25) is 0 Å². The van der Waals surface area contributed by atoms with Gasteiger partial charge in [-0.05, 0) is 26.0 Å². The number of hydrogen-bond donors (Lipinski definition) is 1. The van der Waals surface area contributed by atoms with Crippen molar-refractivity contribution < 1.29 is 4.74 Å². The fraction of sp³-hybridized carbons (Fsp3) is 0.231. The van der Waals surface area contributed by atoms with E-state index >= 15 is 0 Å². The molecule has 1 aromatic carbocycles. The van der Waals surface area contributed by atoms with Crippen molar-refractivity contribution in [2.24, 2.45) is 0 Å². The van der Waals surface area contributed by atoms with Gasteiger partial charge in [0.25, 0.3) is 0 Å². The number of nitrogens with zero attached hydrogens (tertiary/aromatic N) is 2. The van der Waals surface area contributed by atoms with Crippen molar-refractivity contribution in [3.8, 4) is 17.1 Å². The molecule has 0 atom stereocenters. The molecule has 0 radical (unpaired) electrons. The van der Waals surface area contributed by atoms with Gasteiger partial charge in [0.05, 0.1) is 24.2 Å². The number of anilines is 1. The van der Waals surface area contributed by atoms with E-state index in [-0.39, 0.29) is 6.10 Å². The Kier molecular flexibility index (Phi) is 3.23. The predicted molar refractivity (Wildman–Crippen MR) is 67.6 cm³/mol. The molecule has 2 rings (SSSR count). The summed E-state index contributed by atoms with van der Waals surface area (Å²) < 4.78 is 5.62. The third-order valence-electron chi connectivity index (χ3n) is 2.14. The molecule has 2 N–H and O–H groups in total. The molecule has 0 saturated heterocycles. The number of nitrogens with two attached hydrogens (primary N) is 1. The number of benzene rings is 1. The normalized spacial score (nSPS) is 10.5. The second-order valence-corrected chi connectivity index (χ2v) is 4.03. The third-order valence-corrected chi connectivity index (χ3v) is 2.14. The largest absolute Gasteiger partial charge is 0.491 e. The van der Waals surface area contributed by atoms with Gasteiger partial charge in [-0.15, -0.1) is 0 Å². The van der Waals surface area contributed by atoms with E-state index in [1.807, 2.05) is 38.1 Å². The summed E-state index contributed by atoms with van der Waals surface area (Å²) in [4.78, 5) is 8.35. The highest BCUT2D eigenvalue weighted by Crippen LogP contribution is 2.21. The highest BCUT2D eigenvalue weighted by atomic mass is 16.5. The lowest BCUT2D eigenvalue weighted by Crippen LogP contribution is -2.05. The van der Waals surface area contributed by atoms with Crippen molar-refractivity contribution in [2.75, 3.05) is 5.73 Å². The van der Waals surface area contributed by atoms with E-state index in [2.05, 4.69) is 9.97 Å². The number of ether oxygens (including phenoxy) is 1. The van der Waals surface area contributed by atoms with E-state index in [1.165, 1.54) is 0 Å². The molecular formula is C13H15N3O. The van der Waals surface area contributed by atoms with Crippen LogP contribution in [0.1, 0.15) is 13.8 Å². The van der Waals surface area contributed by atoms with Gasteiger partial charge in [-0.3, -0.25) is 0 Å². The standard InChI is InChI=1S/C13H15N3O/c1-9(2)17-12-5-3-4-10(6-12)13-15-7-11(14)8-16-13/h3-9H,14H2,1-2H3. The Hall–Kier alpha value is -2.10. The predicted octanol–water partition coefficient (Wildman–Crippen LogP) is 2.51. The van der Waals surface area contributed by atoms with E-state index in [0.29, 0.717) is 11.5 Å². The van der Waals surface area contributed by atoms with E-state index in [1.54, 1.807) is 12.4 Å². The van der Waals surface area contributed by atoms with Crippen LogP contribution in [0.5, 0.6) is 5.75 Å². The average Bonchev–Trinajstić information content (AvgIpc) is 2.29. The van der Waals surface area contributed by atoms with Crippen molar-refractivity contribution in [1.29, 1.82) is 0 Å². The Bertz CT molecular complexity index is 494. The third kappa shape index (κ3) is 2.93. The number of aromatic nitrogens is 2. The lowest BCUT2D eigenvalue weighted by Gasteiger charge is -2.10.